The molecular weight excluding hydrogens is 134 g/mol. The Kier molecular flexibility index (Phi) is 2.01. The van der Waals surface area contributed by atoms with Crippen molar-refractivity contribution in [3.05, 3.63) is 0 Å². The minimum absolute atomic E-state index is 0.0949. The summed E-state index contributed by atoms with van der Waals surface area (Å²) in [6.07, 6.45) is 0.818. The van der Waals surface area contributed by atoms with E-state index in [1.165, 1.54) is 0 Å². The summed E-state index contributed by atoms with van der Waals surface area (Å²) in [7, 11) is 0. The zero-order valence-corrected chi connectivity index (χ0v) is 5.46. The average Bonchev–Trinajstić information content (AvgIpc) is 1.88. The molecule has 0 aromatic heterocycles. The predicted molar refractivity (Wildman–Crippen MR) is 33.7 cm³/mol. The fraction of sp³-hybridized carbons (Fsp3) is 0.667. The molecule has 1 aliphatic rings. The van der Waals surface area contributed by atoms with Crippen LogP contribution in [0.5, 0.6) is 0 Å². The third-order valence-corrected chi connectivity index (χ3v) is 1.56. The number of aliphatic carboxylic acids is 1. The van der Waals surface area contributed by atoms with Gasteiger partial charge in [-0.2, -0.15) is 0 Å². The molecule has 0 saturated carbocycles. The van der Waals surface area contributed by atoms with E-state index in [0.29, 0.717) is 12.8 Å². The molecule has 0 aromatic carbocycles. The van der Waals surface area contributed by atoms with Gasteiger partial charge in [0.1, 0.15) is 11.8 Å². The van der Waals surface area contributed by atoms with E-state index in [-0.39, 0.29) is 12.3 Å². The minimum Gasteiger partial charge on any atom is -0.480 e. The molecule has 0 radical (unpaired) electrons. The van der Waals surface area contributed by atoms with Gasteiger partial charge in [0, 0.05) is 6.42 Å². The van der Waals surface area contributed by atoms with E-state index < -0.39 is 12.0 Å². The third kappa shape index (κ3) is 1.54. The highest BCUT2D eigenvalue weighted by Crippen LogP contribution is 2.03. The Labute approximate surface area is 58.2 Å². The van der Waals surface area contributed by atoms with Crippen molar-refractivity contribution >= 4 is 11.8 Å². The van der Waals surface area contributed by atoms with Crippen LogP contribution in [0.2, 0.25) is 0 Å². The van der Waals surface area contributed by atoms with E-state index in [2.05, 4.69) is 5.32 Å². The van der Waals surface area contributed by atoms with E-state index >= 15 is 0 Å². The number of piperidine rings is 1. The Balaban J connectivity index is 2.40. The van der Waals surface area contributed by atoms with Crippen molar-refractivity contribution in [3.8, 4) is 0 Å². The lowest BCUT2D eigenvalue weighted by Gasteiger charge is -2.17. The molecule has 4 heteroatoms. The van der Waals surface area contributed by atoms with Crippen LogP contribution in [0.4, 0.5) is 0 Å². The molecule has 0 unspecified atom stereocenters. The molecule has 0 amide bonds. The lowest BCUT2D eigenvalue weighted by atomic mass is 10.0. The normalized spacial score (nSPS) is 26.4. The molecule has 1 heterocycles. The van der Waals surface area contributed by atoms with Gasteiger partial charge in [-0.15, -0.1) is 0 Å². The standard InChI is InChI=1S/C6H9NO3/c8-4-1-2-5(6(9)10)7-3-4/h5,7H,1-3H2,(H,9,10)/t5-/m0/s1. The van der Waals surface area contributed by atoms with E-state index in [4.69, 9.17) is 5.11 Å². The summed E-state index contributed by atoms with van der Waals surface area (Å²) in [4.78, 5) is 20.9. The van der Waals surface area contributed by atoms with E-state index in [0.717, 1.165) is 0 Å². The molecule has 0 aliphatic carbocycles. The highest BCUT2D eigenvalue weighted by molar-refractivity contribution is 5.84. The molecular formula is C6H9NO3. The van der Waals surface area contributed by atoms with Gasteiger partial charge in [-0.3, -0.25) is 14.9 Å². The monoisotopic (exact) mass is 143 g/mol. The predicted octanol–water partition coefficient (Wildman–Crippen LogP) is -0.608. The quantitative estimate of drug-likeness (QED) is 0.514. The maximum atomic E-state index is 10.6. The van der Waals surface area contributed by atoms with Crippen molar-refractivity contribution < 1.29 is 14.7 Å². The van der Waals surface area contributed by atoms with Gasteiger partial charge in [0.15, 0.2) is 0 Å². The van der Waals surface area contributed by atoms with Crippen molar-refractivity contribution in [1.29, 1.82) is 0 Å². The first-order chi connectivity index (χ1) is 4.70. The molecule has 1 saturated heterocycles. The number of hydrogen-bond acceptors (Lipinski definition) is 3. The van der Waals surface area contributed by atoms with Crippen LogP contribution in [-0.2, 0) is 9.59 Å². The first kappa shape index (κ1) is 7.21. The topological polar surface area (TPSA) is 66.4 Å². The van der Waals surface area contributed by atoms with Gasteiger partial charge in [0.25, 0.3) is 0 Å². The van der Waals surface area contributed by atoms with Gasteiger partial charge < -0.3 is 5.11 Å². The lowest BCUT2D eigenvalue weighted by molar-refractivity contribution is -0.140. The van der Waals surface area contributed by atoms with Crippen LogP contribution < -0.4 is 5.32 Å². The van der Waals surface area contributed by atoms with Crippen LogP contribution in [0.3, 0.4) is 0 Å². The molecule has 4 nitrogen and oxygen atoms in total. The van der Waals surface area contributed by atoms with Crippen LogP contribution in [0.1, 0.15) is 12.8 Å². The molecule has 1 rings (SSSR count). The number of carbonyl (C=O) groups excluding carboxylic acids is 1. The van der Waals surface area contributed by atoms with Crippen LogP contribution in [0, 0.1) is 0 Å². The smallest absolute Gasteiger partial charge is 0.320 e. The Hall–Kier alpha value is -0.900. The SMILES string of the molecule is O=C1CC[C@@H](C(=O)O)NC1. The summed E-state index contributed by atoms with van der Waals surface area (Å²) in [6, 6.07) is -0.516. The van der Waals surface area contributed by atoms with Crippen molar-refractivity contribution in [1.82, 2.24) is 5.32 Å². The number of Topliss-reactive ketones (excluding diaryl/α,β-unsaturated/α-hetero) is 1. The Morgan fingerprint density at radius 3 is 2.80 bits per heavy atom. The van der Waals surface area contributed by atoms with Crippen LogP contribution >= 0.6 is 0 Å². The van der Waals surface area contributed by atoms with E-state index in [9.17, 15) is 9.59 Å². The summed E-state index contributed by atoms with van der Waals surface area (Å²) in [5, 5.41) is 11.1. The summed E-state index contributed by atoms with van der Waals surface area (Å²) < 4.78 is 0. The summed E-state index contributed by atoms with van der Waals surface area (Å²) in [5.74, 6) is -0.773. The number of rotatable bonds is 1. The summed E-state index contributed by atoms with van der Waals surface area (Å²) in [5.41, 5.74) is 0. The maximum Gasteiger partial charge on any atom is 0.320 e. The molecule has 0 aromatic rings. The van der Waals surface area contributed by atoms with Crippen LogP contribution in [0.25, 0.3) is 0 Å². The fourth-order valence-corrected chi connectivity index (χ4v) is 0.944. The van der Waals surface area contributed by atoms with Crippen molar-refractivity contribution in [2.75, 3.05) is 6.54 Å². The fourth-order valence-electron chi connectivity index (χ4n) is 0.944. The molecule has 2 N–H and O–H groups in total. The average molecular weight is 143 g/mol. The first-order valence-corrected chi connectivity index (χ1v) is 3.18. The molecule has 0 spiro atoms. The maximum absolute atomic E-state index is 10.6. The van der Waals surface area contributed by atoms with Crippen molar-refractivity contribution in [3.63, 3.8) is 0 Å². The molecule has 1 fully saturated rings. The van der Waals surface area contributed by atoms with Crippen LogP contribution in [-0.4, -0.2) is 29.4 Å². The second-order valence-electron chi connectivity index (χ2n) is 2.35. The Bertz CT molecular complexity index is 156. The van der Waals surface area contributed by atoms with Gasteiger partial charge >= 0.3 is 5.97 Å². The molecule has 0 bridgehead atoms. The number of carboxylic acid groups (broad SMARTS) is 1. The van der Waals surface area contributed by atoms with Gasteiger partial charge in [-0.05, 0) is 6.42 Å². The zero-order chi connectivity index (χ0) is 7.56. The first-order valence-electron chi connectivity index (χ1n) is 3.18. The molecule has 10 heavy (non-hydrogen) atoms. The third-order valence-electron chi connectivity index (χ3n) is 1.56. The minimum atomic E-state index is -0.868. The number of carboxylic acids is 1. The van der Waals surface area contributed by atoms with Crippen molar-refractivity contribution in [2.24, 2.45) is 0 Å². The Morgan fingerprint density at radius 2 is 2.40 bits per heavy atom. The molecule has 1 atom stereocenters. The summed E-state index contributed by atoms with van der Waals surface area (Å²) >= 11 is 0. The number of hydrogen-bond donors (Lipinski definition) is 2. The highest BCUT2D eigenvalue weighted by atomic mass is 16.4. The van der Waals surface area contributed by atoms with Gasteiger partial charge in [-0.1, -0.05) is 0 Å². The van der Waals surface area contributed by atoms with Crippen molar-refractivity contribution in [2.45, 2.75) is 18.9 Å². The van der Waals surface area contributed by atoms with Gasteiger partial charge in [0.2, 0.25) is 0 Å². The van der Waals surface area contributed by atoms with Gasteiger partial charge in [0.05, 0.1) is 6.54 Å². The van der Waals surface area contributed by atoms with E-state index in [1.54, 1.807) is 0 Å². The zero-order valence-electron chi connectivity index (χ0n) is 5.46. The summed E-state index contributed by atoms with van der Waals surface area (Å²) in [6.45, 7) is 0.205. The molecule has 56 valence electrons. The second kappa shape index (κ2) is 2.79. The molecule has 1 aliphatic heterocycles. The van der Waals surface area contributed by atoms with E-state index in [1.807, 2.05) is 0 Å². The van der Waals surface area contributed by atoms with Crippen LogP contribution in [0.15, 0.2) is 0 Å². The second-order valence-corrected chi connectivity index (χ2v) is 2.35. The Morgan fingerprint density at radius 1 is 1.70 bits per heavy atom. The number of nitrogens with one attached hydrogen (secondary N) is 1. The largest absolute Gasteiger partial charge is 0.480 e. The number of ketones is 1. The lowest BCUT2D eigenvalue weighted by Crippen LogP contribution is -2.44. The highest BCUT2D eigenvalue weighted by Gasteiger charge is 2.22. The van der Waals surface area contributed by atoms with Gasteiger partial charge in [-0.25, -0.2) is 0 Å². The number of carbonyl (C=O) groups is 2.